The summed E-state index contributed by atoms with van der Waals surface area (Å²) in [5.41, 5.74) is 1.82. The van der Waals surface area contributed by atoms with Crippen LogP contribution < -0.4 is 14.2 Å². The second-order valence-electron chi connectivity index (χ2n) is 5.97. The van der Waals surface area contributed by atoms with Gasteiger partial charge in [0.1, 0.15) is 10.7 Å². The lowest BCUT2D eigenvalue weighted by Crippen LogP contribution is -2.25. The Bertz CT molecular complexity index is 869. The van der Waals surface area contributed by atoms with Gasteiger partial charge in [0.05, 0.1) is 14.2 Å². The minimum atomic E-state index is -4.07. The maximum Gasteiger partial charge on any atom is 0.243 e. The first-order chi connectivity index (χ1) is 12.3. The zero-order chi connectivity index (χ0) is 19.3. The van der Waals surface area contributed by atoms with Crippen LogP contribution in [0.4, 0.5) is 4.39 Å². The molecule has 1 N–H and O–H groups in total. The predicted octanol–water partition coefficient (Wildman–Crippen LogP) is 2.38. The van der Waals surface area contributed by atoms with Gasteiger partial charge in [0.2, 0.25) is 10.0 Å². The third kappa shape index (κ3) is 4.72. The molecule has 0 spiro atoms. The van der Waals surface area contributed by atoms with E-state index in [1.807, 2.05) is 43.3 Å². The largest absolute Gasteiger partial charge is 0.493 e. The van der Waals surface area contributed by atoms with Gasteiger partial charge in [0, 0.05) is 25.2 Å². The molecule has 2 aromatic carbocycles. The van der Waals surface area contributed by atoms with Crippen LogP contribution in [-0.4, -0.2) is 41.6 Å². The number of sulfonamides is 1. The van der Waals surface area contributed by atoms with Crippen LogP contribution in [0, 0.1) is 5.82 Å². The standard InChI is InChI=1S/C18H23FN2O4S/c1-21(2)12-14-8-6-5-7-13(14)11-20-26(22,23)18-10-17(25-4)16(24-3)9-15(18)19/h5-10,20H,11-12H2,1-4H3. The number of halogens is 1. The Kier molecular flexibility index (Phi) is 6.57. The fraction of sp³-hybridized carbons (Fsp3) is 0.333. The quantitative estimate of drug-likeness (QED) is 0.759. The first-order valence-electron chi connectivity index (χ1n) is 7.91. The molecule has 0 saturated heterocycles. The molecule has 0 aliphatic rings. The Hall–Kier alpha value is -2.16. The topological polar surface area (TPSA) is 67.9 Å². The van der Waals surface area contributed by atoms with Gasteiger partial charge in [-0.25, -0.2) is 17.5 Å². The number of hydrogen-bond acceptors (Lipinski definition) is 5. The molecule has 0 fully saturated rings. The Morgan fingerprint density at radius 3 is 2.19 bits per heavy atom. The van der Waals surface area contributed by atoms with E-state index in [0.717, 1.165) is 23.3 Å². The van der Waals surface area contributed by atoms with Gasteiger partial charge in [0.25, 0.3) is 0 Å². The monoisotopic (exact) mass is 382 g/mol. The van der Waals surface area contributed by atoms with Crippen LogP contribution in [0.5, 0.6) is 11.5 Å². The number of hydrogen-bond donors (Lipinski definition) is 1. The molecule has 0 radical (unpaired) electrons. The van der Waals surface area contributed by atoms with Crippen molar-refractivity contribution in [2.75, 3.05) is 28.3 Å². The highest BCUT2D eigenvalue weighted by Gasteiger charge is 2.22. The van der Waals surface area contributed by atoms with Gasteiger partial charge >= 0.3 is 0 Å². The molecule has 2 rings (SSSR count). The van der Waals surface area contributed by atoms with Crippen LogP contribution >= 0.6 is 0 Å². The van der Waals surface area contributed by atoms with Crippen LogP contribution in [0.25, 0.3) is 0 Å². The van der Waals surface area contributed by atoms with Gasteiger partial charge in [0.15, 0.2) is 11.5 Å². The van der Waals surface area contributed by atoms with E-state index in [2.05, 4.69) is 4.72 Å². The first kappa shape index (κ1) is 20.2. The molecule has 26 heavy (non-hydrogen) atoms. The van der Waals surface area contributed by atoms with Crippen molar-refractivity contribution in [3.63, 3.8) is 0 Å². The van der Waals surface area contributed by atoms with Crippen LogP contribution in [0.1, 0.15) is 11.1 Å². The first-order valence-corrected chi connectivity index (χ1v) is 9.39. The van der Waals surface area contributed by atoms with Crippen molar-refractivity contribution in [1.29, 1.82) is 0 Å². The van der Waals surface area contributed by atoms with Crippen molar-refractivity contribution in [2.24, 2.45) is 0 Å². The molecular weight excluding hydrogens is 359 g/mol. The fourth-order valence-electron chi connectivity index (χ4n) is 2.52. The van der Waals surface area contributed by atoms with Crippen LogP contribution in [0.3, 0.4) is 0 Å². The SMILES string of the molecule is COc1cc(F)c(S(=O)(=O)NCc2ccccc2CN(C)C)cc1OC. The minimum absolute atomic E-state index is 0.0557. The lowest BCUT2D eigenvalue weighted by Gasteiger charge is -2.15. The third-order valence-corrected chi connectivity index (χ3v) is 5.20. The summed E-state index contributed by atoms with van der Waals surface area (Å²) in [7, 11) is 2.51. The number of ether oxygens (including phenoxy) is 2. The van der Waals surface area contributed by atoms with Gasteiger partial charge in [-0.15, -0.1) is 0 Å². The van der Waals surface area contributed by atoms with E-state index >= 15 is 0 Å². The van der Waals surface area contributed by atoms with Crippen molar-refractivity contribution in [1.82, 2.24) is 9.62 Å². The fourth-order valence-corrected chi connectivity index (χ4v) is 3.60. The molecular formula is C18H23FN2O4S. The summed E-state index contributed by atoms with van der Waals surface area (Å²) >= 11 is 0. The number of rotatable bonds is 8. The highest BCUT2D eigenvalue weighted by Crippen LogP contribution is 2.31. The second-order valence-corrected chi connectivity index (χ2v) is 7.70. The van der Waals surface area contributed by atoms with E-state index < -0.39 is 20.7 Å². The Morgan fingerprint density at radius 2 is 1.62 bits per heavy atom. The zero-order valence-electron chi connectivity index (χ0n) is 15.2. The van der Waals surface area contributed by atoms with Gasteiger partial charge in [-0.1, -0.05) is 24.3 Å². The summed E-state index contributed by atoms with van der Waals surface area (Å²) in [5, 5.41) is 0. The molecule has 0 heterocycles. The van der Waals surface area contributed by atoms with Crippen molar-refractivity contribution >= 4 is 10.0 Å². The van der Waals surface area contributed by atoms with E-state index in [1.165, 1.54) is 14.2 Å². The Labute approximate surface area is 153 Å². The summed E-state index contributed by atoms with van der Waals surface area (Å²) in [6.45, 7) is 0.725. The van der Waals surface area contributed by atoms with E-state index in [0.29, 0.717) is 6.54 Å². The number of nitrogens with one attached hydrogen (secondary N) is 1. The Morgan fingerprint density at radius 1 is 1.04 bits per heavy atom. The van der Waals surface area contributed by atoms with Gasteiger partial charge < -0.3 is 14.4 Å². The molecule has 0 unspecified atom stereocenters. The van der Waals surface area contributed by atoms with Gasteiger partial charge in [-0.05, 0) is 25.2 Å². The van der Waals surface area contributed by atoms with Crippen molar-refractivity contribution in [2.45, 2.75) is 18.0 Å². The molecule has 0 aliphatic carbocycles. The molecule has 0 bridgehead atoms. The maximum absolute atomic E-state index is 14.3. The average Bonchev–Trinajstić information content (AvgIpc) is 2.60. The summed E-state index contributed by atoms with van der Waals surface area (Å²) in [6.07, 6.45) is 0. The molecule has 0 aromatic heterocycles. The smallest absolute Gasteiger partial charge is 0.243 e. The van der Waals surface area contributed by atoms with Crippen molar-refractivity contribution < 1.29 is 22.3 Å². The third-order valence-electron chi connectivity index (χ3n) is 3.79. The van der Waals surface area contributed by atoms with Crippen molar-refractivity contribution in [3.05, 3.63) is 53.3 Å². The minimum Gasteiger partial charge on any atom is -0.493 e. The Balaban J connectivity index is 2.28. The van der Waals surface area contributed by atoms with Crippen molar-refractivity contribution in [3.8, 4) is 11.5 Å². The molecule has 6 nitrogen and oxygen atoms in total. The summed E-state index contributed by atoms with van der Waals surface area (Å²) in [4.78, 5) is 1.50. The van der Waals surface area contributed by atoms with E-state index in [4.69, 9.17) is 9.47 Å². The predicted molar refractivity (Wildman–Crippen MR) is 97.4 cm³/mol. The van der Waals surface area contributed by atoms with Crippen LogP contribution in [0.2, 0.25) is 0 Å². The van der Waals surface area contributed by atoms with Gasteiger partial charge in [-0.2, -0.15) is 0 Å². The molecule has 8 heteroatoms. The zero-order valence-corrected chi connectivity index (χ0v) is 16.1. The van der Waals surface area contributed by atoms with E-state index in [9.17, 15) is 12.8 Å². The van der Waals surface area contributed by atoms with Crippen LogP contribution in [-0.2, 0) is 23.1 Å². The molecule has 0 saturated carbocycles. The molecule has 0 atom stereocenters. The van der Waals surface area contributed by atoms with E-state index in [1.54, 1.807) is 0 Å². The summed E-state index contributed by atoms with van der Waals surface area (Å²) in [5.74, 6) is -0.640. The number of nitrogens with zero attached hydrogens (tertiary/aromatic N) is 1. The maximum atomic E-state index is 14.3. The highest BCUT2D eigenvalue weighted by atomic mass is 32.2. The molecule has 0 aliphatic heterocycles. The number of methoxy groups -OCH3 is 2. The van der Waals surface area contributed by atoms with E-state index in [-0.39, 0.29) is 18.0 Å². The molecule has 2 aromatic rings. The van der Waals surface area contributed by atoms with Crippen LogP contribution in [0.15, 0.2) is 41.3 Å². The summed E-state index contributed by atoms with van der Waals surface area (Å²) in [6, 6.07) is 9.60. The second kappa shape index (κ2) is 8.48. The average molecular weight is 382 g/mol. The normalized spacial score (nSPS) is 11.6. The molecule has 142 valence electrons. The lowest BCUT2D eigenvalue weighted by molar-refractivity contribution is 0.350. The molecule has 0 amide bonds. The number of benzene rings is 2. The summed E-state index contributed by atoms with van der Waals surface area (Å²) < 4.78 is 51.9. The lowest BCUT2D eigenvalue weighted by atomic mass is 10.1. The van der Waals surface area contributed by atoms with Gasteiger partial charge in [-0.3, -0.25) is 0 Å². The highest BCUT2D eigenvalue weighted by molar-refractivity contribution is 7.89.